The van der Waals surface area contributed by atoms with Crippen LogP contribution >= 0.6 is 0 Å². The average Bonchev–Trinajstić information content (AvgIpc) is 2.37. The molecule has 1 aromatic rings. The summed E-state index contributed by atoms with van der Waals surface area (Å²) in [4.78, 5) is 24.1. The molecule has 0 saturated heterocycles. The van der Waals surface area contributed by atoms with Gasteiger partial charge in [-0.1, -0.05) is 12.1 Å². The molecule has 1 rings (SSSR count). The Bertz CT molecular complexity index is 535. The van der Waals surface area contributed by atoms with Crippen LogP contribution in [0.15, 0.2) is 24.3 Å². The van der Waals surface area contributed by atoms with Crippen LogP contribution < -0.4 is 5.32 Å². The zero-order valence-corrected chi connectivity index (χ0v) is 14.2. The lowest BCUT2D eigenvalue weighted by Crippen LogP contribution is -2.46. The zero-order chi connectivity index (χ0) is 17.6. The smallest absolute Gasteiger partial charge is 0.408 e. The van der Waals surface area contributed by atoms with E-state index in [0.717, 1.165) is 0 Å². The summed E-state index contributed by atoms with van der Waals surface area (Å²) in [5.41, 5.74) is 0.0279. The highest BCUT2D eigenvalue weighted by atomic mass is 19.1. The van der Waals surface area contributed by atoms with Gasteiger partial charge in [0.15, 0.2) is 0 Å². The Morgan fingerprint density at radius 1 is 1.17 bits per heavy atom. The Balaban J connectivity index is 2.82. The van der Waals surface area contributed by atoms with Crippen molar-refractivity contribution in [3.8, 4) is 0 Å². The Hall–Kier alpha value is -2.11. The number of ether oxygens (including phenoxy) is 2. The van der Waals surface area contributed by atoms with E-state index in [9.17, 15) is 14.0 Å². The van der Waals surface area contributed by atoms with E-state index in [0.29, 0.717) is 5.56 Å². The highest BCUT2D eigenvalue weighted by Gasteiger charge is 2.26. The van der Waals surface area contributed by atoms with Crippen molar-refractivity contribution >= 4 is 12.1 Å². The SMILES string of the molecule is CC(C)OC(=O)C(Cc1ccc(F)cc1)NC(=O)OC(C)(C)C. The lowest BCUT2D eigenvalue weighted by Gasteiger charge is -2.23. The predicted molar refractivity (Wildman–Crippen MR) is 84.5 cm³/mol. The van der Waals surface area contributed by atoms with Crippen LogP contribution in [-0.4, -0.2) is 29.8 Å². The molecule has 0 saturated carbocycles. The molecule has 23 heavy (non-hydrogen) atoms. The van der Waals surface area contributed by atoms with Gasteiger partial charge >= 0.3 is 12.1 Å². The maximum Gasteiger partial charge on any atom is 0.408 e. The molecule has 0 aliphatic rings. The van der Waals surface area contributed by atoms with Crippen LogP contribution in [0.25, 0.3) is 0 Å². The first kappa shape index (κ1) is 18.9. The summed E-state index contributed by atoms with van der Waals surface area (Å²) in [6, 6.07) is 4.81. The molecule has 1 atom stereocenters. The molecule has 1 aromatic carbocycles. The standard InChI is InChI=1S/C17H24FNO4/c1-11(2)22-15(20)14(19-16(21)23-17(3,4)5)10-12-6-8-13(18)9-7-12/h6-9,11,14H,10H2,1-5H3,(H,19,21). The predicted octanol–water partition coefficient (Wildman–Crippen LogP) is 3.21. The molecule has 0 bridgehead atoms. The summed E-state index contributed by atoms with van der Waals surface area (Å²) in [6.45, 7) is 8.64. The number of alkyl carbamates (subject to hydrolysis) is 1. The molecule has 0 aliphatic carbocycles. The number of nitrogens with one attached hydrogen (secondary N) is 1. The Kier molecular flexibility index (Phi) is 6.54. The maximum absolute atomic E-state index is 13.0. The van der Waals surface area contributed by atoms with Gasteiger partial charge in [-0.25, -0.2) is 14.0 Å². The van der Waals surface area contributed by atoms with Gasteiger partial charge < -0.3 is 14.8 Å². The molecule has 6 heteroatoms. The van der Waals surface area contributed by atoms with Crippen molar-refractivity contribution in [3.63, 3.8) is 0 Å². The normalized spacial score (nSPS) is 12.7. The van der Waals surface area contributed by atoms with Gasteiger partial charge in [0.05, 0.1) is 6.10 Å². The van der Waals surface area contributed by atoms with Gasteiger partial charge in [-0.05, 0) is 52.3 Å². The van der Waals surface area contributed by atoms with Crippen LogP contribution in [0.2, 0.25) is 0 Å². The molecule has 0 aromatic heterocycles. The fourth-order valence-corrected chi connectivity index (χ4v) is 1.81. The lowest BCUT2D eigenvalue weighted by atomic mass is 10.1. The molecule has 0 fully saturated rings. The van der Waals surface area contributed by atoms with Crippen molar-refractivity contribution in [3.05, 3.63) is 35.6 Å². The number of carbonyl (C=O) groups is 2. The van der Waals surface area contributed by atoms with Crippen LogP contribution in [0.4, 0.5) is 9.18 Å². The van der Waals surface area contributed by atoms with Gasteiger partial charge in [0.25, 0.3) is 0 Å². The van der Waals surface area contributed by atoms with E-state index in [2.05, 4.69) is 5.32 Å². The maximum atomic E-state index is 13.0. The number of amides is 1. The topological polar surface area (TPSA) is 64.6 Å². The van der Waals surface area contributed by atoms with E-state index < -0.39 is 23.7 Å². The average molecular weight is 325 g/mol. The van der Waals surface area contributed by atoms with Crippen molar-refractivity contribution in [2.45, 2.75) is 58.8 Å². The zero-order valence-electron chi connectivity index (χ0n) is 14.2. The summed E-state index contributed by atoms with van der Waals surface area (Å²) in [5, 5.41) is 2.51. The monoisotopic (exact) mass is 325 g/mol. The minimum absolute atomic E-state index is 0.186. The first-order chi connectivity index (χ1) is 10.6. The summed E-state index contributed by atoms with van der Waals surface area (Å²) in [6.07, 6.45) is -0.825. The largest absolute Gasteiger partial charge is 0.461 e. The third-order valence-corrected chi connectivity index (χ3v) is 2.68. The van der Waals surface area contributed by atoms with Gasteiger partial charge in [-0.2, -0.15) is 0 Å². The van der Waals surface area contributed by atoms with Crippen molar-refractivity contribution in [2.75, 3.05) is 0 Å². The summed E-state index contributed by atoms with van der Waals surface area (Å²) in [7, 11) is 0. The van der Waals surface area contributed by atoms with E-state index >= 15 is 0 Å². The molecular weight excluding hydrogens is 301 g/mol. The summed E-state index contributed by atoms with van der Waals surface area (Å²) < 4.78 is 23.3. The van der Waals surface area contributed by atoms with Crippen LogP contribution in [-0.2, 0) is 20.7 Å². The van der Waals surface area contributed by atoms with Crippen molar-refractivity contribution in [1.82, 2.24) is 5.32 Å². The quantitative estimate of drug-likeness (QED) is 0.844. The number of hydrogen-bond donors (Lipinski definition) is 1. The van der Waals surface area contributed by atoms with Gasteiger partial charge in [-0.15, -0.1) is 0 Å². The van der Waals surface area contributed by atoms with Gasteiger partial charge in [0.1, 0.15) is 17.5 Å². The summed E-state index contributed by atoms with van der Waals surface area (Å²) >= 11 is 0. The molecule has 5 nitrogen and oxygen atoms in total. The molecule has 1 unspecified atom stereocenters. The van der Waals surface area contributed by atoms with Gasteiger partial charge in [0.2, 0.25) is 0 Å². The number of halogens is 1. The fourth-order valence-electron chi connectivity index (χ4n) is 1.81. The van der Waals surface area contributed by atoms with Crippen LogP contribution in [0.3, 0.4) is 0 Å². The van der Waals surface area contributed by atoms with E-state index in [1.54, 1.807) is 46.8 Å². The lowest BCUT2D eigenvalue weighted by molar-refractivity contribution is -0.149. The Morgan fingerprint density at radius 3 is 2.22 bits per heavy atom. The van der Waals surface area contributed by atoms with Crippen LogP contribution in [0.5, 0.6) is 0 Å². The second-order valence-electron chi connectivity index (χ2n) is 6.52. The number of rotatable bonds is 5. The van der Waals surface area contributed by atoms with E-state index in [-0.39, 0.29) is 18.3 Å². The Labute approximate surface area is 136 Å². The van der Waals surface area contributed by atoms with Crippen molar-refractivity contribution in [1.29, 1.82) is 0 Å². The van der Waals surface area contributed by atoms with Gasteiger partial charge in [-0.3, -0.25) is 0 Å². The number of benzene rings is 1. The molecule has 0 aliphatic heterocycles. The molecule has 128 valence electrons. The van der Waals surface area contributed by atoms with Crippen molar-refractivity contribution in [2.24, 2.45) is 0 Å². The van der Waals surface area contributed by atoms with Crippen LogP contribution in [0, 0.1) is 5.82 Å². The van der Waals surface area contributed by atoms with E-state index in [1.165, 1.54) is 12.1 Å². The number of carbonyl (C=O) groups excluding carboxylic acids is 2. The first-order valence-electron chi connectivity index (χ1n) is 7.51. The number of esters is 1. The minimum atomic E-state index is -0.905. The molecule has 0 radical (unpaired) electrons. The van der Waals surface area contributed by atoms with Crippen LogP contribution in [0.1, 0.15) is 40.2 Å². The Morgan fingerprint density at radius 2 is 1.74 bits per heavy atom. The minimum Gasteiger partial charge on any atom is -0.461 e. The van der Waals surface area contributed by atoms with E-state index in [1.807, 2.05) is 0 Å². The molecule has 1 N–H and O–H groups in total. The second kappa shape index (κ2) is 7.94. The van der Waals surface area contributed by atoms with Crippen molar-refractivity contribution < 1.29 is 23.5 Å². The first-order valence-corrected chi connectivity index (χ1v) is 7.51. The third-order valence-electron chi connectivity index (χ3n) is 2.68. The molecule has 0 heterocycles. The molecule has 1 amide bonds. The second-order valence-corrected chi connectivity index (χ2v) is 6.52. The van der Waals surface area contributed by atoms with Gasteiger partial charge in [0, 0.05) is 6.42 Å². The van der Waals surface area contributed by atoms with E-state index in [4.69, 9.17) is 9.47 Å². The molecular formula is C17H24FNO4. The molecule has 0 spiro atoms. The number of hydrogen-bond acceptors (Lipinski definition) is 4. The highest BCUT2D eigenvalue weighted by Crippen LogP contribution is 2.10. The fraction of sp³-hybridized carbons (Fsp3) is 0.529. The highest BCUT2D eigenvalue weighted by molar-refractivity contribution is 5.81. The third kappa shape index (κ3) is 7.63. The summed E-state index contributed by atoms with van der Waals surface area (Å²) in [5.74, 6) is -0.926.